The monoisotopic (exact) mass is 1110 g/mol. The summed E-state index contributed by atoms with van der Waals surface area (Å²) < 4.78 is 7.11. The zero-order chi connectivity index (χ0) is 52.8. The van der Waals surface area contributed by atoms with Crippen LogP contribution in [0.5, 0.6) is 0 Å². The van der Waals surface area contributed by atoms with E-state index < -0.39 is 21.4 Å². The number of hydrogen-bond acceptors (Lipinski definition) is 4. The predicted molar refractivity (Wildman–Crippen MR) is 333 cm³/mol. The molecule has 78 heavy (non-hydrogen) atoms. The van der Waals surface area contributed by atoms with E-state index >= 15 is 0 Å². The Balaban J connectivity index is 1.11. The maximum atomic E-state index is 2.65. The first kappa shape index (κ1) is 47.7. The minimum absolute atomic E-state index is 1.09. The Hall–Kier alpha value is -8.71. The van der Waals surface area contributed by atoms with Gasteiger partial charge in [0.1, 0.15) is 0 Å². The molecular weight excluding hydrogens is 1050 g/mol. The van der Waals surface area contributed by atoms with Crippen LogP contribution >= 0.6 is 0 Å². The summed E-state index contributed by atoms with van der Waals surface area (Å²) in [6, 6.07) is 90.6. The molecule has 2 aliphatic rings. The molecule has 0 unspecified atom stereocenters. The van der Waals surface area contributed by atoms with E-state index in [1.54, 1.807) is 0 Å². The molecule has 2 aliphatic heterocycles. The average Bonchev–Trinajstić information content (AvgIpc) is 3.82. The molecule has 0 aliphatic carbocycles. The van der Waals surface area contributed by atoms with Gasteiger partial charge in [0, 0.05) is 0 Å². The van der Waals surface area contributed by atoms with Crippen LogP contribution < -0.4 is 29.6 Å². The molecule has 5 nitrogen and oxygen atoms in total. The van der Waals surface area contributed by atoms with Crippen LogP contribution in [0.1, 0.15) is 33.4 Å². The number of hydrogen-bond donors (Lipinski definition) is 0. The van der Waals surface area contributed by atoms with Gasteiger partial charge in [0.2, 0.25) is 0 Å². The Kier molecular flexibility index (Phi) is 11.7. The van der Waals surface area contributed by atoms with E-state index in [0.717, 1.165) is 50.8 Å². The van der Waals surface area contributed by atoms with Crippen molar-refractivity contribution in [3.8, 4) is 5.69 Å². The van der Waals surface area contributed by atoms with Crippen LogP contribution in [0, 0.1) is 41.5 Å². The number of fused-ring (bicyclic) bond motifs is 7. The molecule has 14 rings (SSSR count). The fourth-order valence-electron chi connectivity index (χ4n) is 13.3. The second kappa shape index (κ2) is 19.1. The van der Waals surface area contributed by atoms with Gasteiger partial charge in [0.15, 0.2) is 0 Å². The number of para-hydroxylation sites is 6. The third-order valence-corrected chi connectivity index (χ3v) is 25.8. The molecule has 3 heterocycles. The van der Waals surface area contributed by atoms with Gasteiger partial charge in [-0.05, 0) is 0 Å². The SMILES string of the molecule is Cc1cc(C)c(N2c3cccc[c]3[In]3[c]4ccccc4N(c4c(C)cc(C)cc4C)c4cc(-n5c6ccc(N(c7ccccc7)c7ccccc7)cc6c6cc(N(c7ccccc7)c7ccccc7)ccc65)cc2[c]43)c(C)c1. The number of aromatic nitrogens is 1. The van der Waals surface area contributed by atoms with E-state index in [2.05, 4.69) is 308 Å². The van der Waals surface area contributed by atoms with E-state index in [9.17, 15) is 0 Å². The Morgan fingerprint density at radius 1 is 0.308 bits per heavy atom. The first-order chi connectivity index (χ1) is 38.2. The molecular formula is C72H58InN5. The summed E-state index contributed by atoms with van der Waals surface area (Å²) in [7, 11) is 0. The number of aryl methyl sites for hydroxylation is 6. The van der Waals surface area contributed by atoms with Crippen LogP contribution in [-0.4, -0.2) is 26.0 Å². The van der Waals surface area contributed by atoms with Crippen molar-refractivity contribution in [1.82, 2.24) is 4.57 Å². The molecule has 12 aromatic rings. The summed E-state index contributed by atoms with van der Waals surface area (Å²) in [5, 5.41) is 2.34. The molecule has 0 radical (unpaired) electrons. The molecule has 374 valence electrons. The predicted octanol–water partition coefficient (Wildman–Crippen LogP) is 17.7. The molecule has 0 amide bonds. The van der Waals surface area contributed by atoms with Gasteiger partial charge < -0.3 is 0 Å². The number of rotatable bonds is 9. The molecule has 0 fully saturated rings. The minimum atomic E-state index is -3.20. The van der Waals surface area contributed by atoms with Crippen molar-refractivity contribution in [2.24, 2.45) is 0 Å². The zero-order valence-electron chi connectivity index (χ0n) is 44.9. The topological polar surface area (TPSA) is 17.9 Å². The van der Waals surface area contributed by atoms with Crippen LogP contribution in [0.2, 0.25) is 0 Å². The van der Waals surface area contributed by atoms with E-state index in [1.807, 2.05) is 0 Å². The Morgan fingerprint density at radius 3 is 1.00 bits per heavy atom. The van der Waals surface area contributed by atoms with E-state index in [0.29, 0.717) is 0 Å². The van der Waals surface area contributed by atoms with Crippen LogP contribution in [0.3, 0.4) is 0 Å². The molecule has 0 N–H and O–H groups in total. The fourth-order valence-corrected chi connectivity index (χ4v) is 23.6. The van der Waals surface area contributed by atoms with Gasteiger partial charge in [-0.2, -0.15) is 0 Å². The summed E-state index contributed by atoms with van der Waals surface area (Å²) in [5.41, 5.74) is 25.3. The van der Waals surface area contributed by atoms with Crippen molar-refractivity contribution >= 4 is 121 Å². The average molecular weight is 1110 g/mol. The normalized spacial score (nSPS) is 12.4. The molecule has 0 saturated heterocycles. The molecule has 11 aromatic carbocycles. The first-order valence-electron chi connectivity index (χ1n) is 27.2. The third-order valence-electron chi connectivity index (χ3n) is 16.2. The summed E-state index contributed by atoms with van der Waals surface area (Å²) >= 11 is -3.20. The molecule has 0 atom stereocenters. The van der Waals surface area contributed by atoms with Crippen molar-refractivity contribution in [3.05, 3.63) is 276 Å². The fraction of sp³-hybridized carbons (Fsp3) is 0.0833. The third kappa shape index (κ3) is 7.75. The van der Waals surface area contributed by atoms with Crippen molar-refractivity contribution in [2.75, 3.05) is 19.6 Å². The van der Waals surface area contributed by atoms with Gasteiger partial charge in [-0.3, -0.25) is 0 Å². The van der Waals surface area contributed by atoms with Crippen LogP contribution in [0.25, 0.3) is 27.5 Å². The Labute approximate surface area is 465 Å². The standard InChI is InChI=1S/C72H58N5.In/c1-50-41-52(3)71(53(4)42-50)75(60-33-21-11-22-34-60)64-45-65(76(61-35-23-12-24-36-61)72-54(5)43-51(2)44-55(72)6)47-66(46-64)77-69-39-37-62(73(56-25-13-7-14-26-56)57-27-15-8-16-28-57)48-67(69)68-49-63(38-40-70(68)77)74(58-29-17-9-18-30-58)59-31-19-10-20-32-59;/h7-33,35,37-44,46-49H,1-6H3;. The molecule has 1 aromatic heterocycles. The summed E-state index contributed by atoms with van der Waals surface area (Å²) in [5.74, 6) is 0. The Morgan fingerprint density at radius 2 is 0.641 bits per heavy atom. The van der Waals surface area contributed by atoms with E-state index in [4.69, 9.17) is 0 Å². The number of benzene rings is 11. The van der Waals surface area contributed by atoms with Crippen molar-refractivity contribution in [2.45, 2.75) is 41.5 Å². The van der Waals surface area contributed by atoms with Crippen LogP contribution in [0.4, 0.5) is 68.2 Å². The van der Waals surface area contributed by atoms with E-state index in [1.165, 1.54) is 88.2 Å². The zero-order valence-corrected chi connectivity index (χ0v) is 48.2. The Bertz CT molecular complexity index is 3910. The van der Waals surface area contributed by atoms with Crippen LogP contribution in [-0.2, 0) is 0 Å². The van der Waals surface area contributed by atoms with Gasteiger partial charge >= 0.3 is 396 Å². The van der Waals surface area contributed by atoms with Crippen molar-refractivity contribution in [1.29, 1.82) is 0 Å². The number of nitrogens with zero attached hydrogens (tertiary/aromatic N) is 5. The quantitative estimate of drug-likeness (QED) is 0.143. The molecule has 0 spiro atoms. The van der Waals surface area contributed by atoms with Gasteiger partial charge in [0.05, 0.1) is 0 Å². The second-order valence-corrected chi connectivity index (χ2v) is 29.0. The van der Waals surface area contributed by atoms with Crippen molar-refractivity contribution in [3.63, 3.8) is 0 Å². The van der Waals surface area contributed by atoms with Gasteiger partial charge in [-0.1, -0.05) is 72.8 Å². The van der Waals surface area contributed by atoms with Gasteiger partial charge in [-0.25, -0.2) is 0 Å². The molecule has 6 heteroatoms. The summed E-state index contributed by atoms with van der Waals surface area (Å²) in [6.45, 7) is 13.6. The summed E-state index contributed by atoms with van der Waals surface area (Å²) in [6.07, 6.45) is 0. The van der Waals surface area contributed by atoms with E-state index in [-0.39, 0.29) is 0 Å². The van der Waals surface area contributed by atoms with Gasteiger partial charge in [-0.15, -0.1) is 0 Å². The maximum absolute atomic E-state index is 3.20. The van der Waals surface area contributed by atoms with Crippen molar-refractivity contribution < 1.29 is 0 Å². The molecule has 0 bridgehead atoms. The first-order valence-corrected chi connectivity index (χ1v) is 32.2. The second-order valence-electron chi connectivity index (χ2n) is 21.4. The molecule has 0 saturated carbocycles. The van der Waals surface area contributed by atoms with Crippen LogP contribution in [0.15, 0.2) is 243 Å². The number of anilines is 12. The summed E-state index contributed by atoms with van der Waals surface area (Å²) in [4.78, 5) is 10.1. The van der Waals surface area contributed by atoms with Gasteiger partial charge in [0.25, 0.3) is 0 Å².